The molecule has 1 N–H and O–H groups in total. The fraction of sp³-hybridized carbons (Fsp3) is 0.312. The normalized spacial score (nSPS) is 10.7. The molecule has 100 valence electrons. The summed E-state index contributed by atoms with van der Waals surface area (Å²) in [5.74, 6) is 0. The van der Waals surface area contributed by atoms with Crippen LogP contribution in [-0.2, 0) is 6.42 Å². The Morgan fingerprint density at radius 3 is 2.37 bits per heavy atom. The summed E-state index contributed by atoms with van der Waals surface area (Å²) in [5.41, 5.74) is 4.89. The molecular formula is C16H19NO2. The molecule has 0 bridgehead atoms. The lowest BCUT2D eigenvalue weighted by Crippen LogP contribution is -2.23. The maximum Gasteiger partial charge on any atom is 0.258 e. The third kappa shape index (κ3) is 2.61. The monoisotopic (exact) mass is 257 g/mol. The molecular weight excluding hydrogens is 238 g/mol. The highest BCUT2D eigenvalue weighted by Crippen LogP contribution is 2.19. The van der Waals surface area contributed by atoms with Gasteiger partial charge in [0, 0.05) is 24.8 Å². The second kappa shape index (κ2) is 5.41. The molecule has 0 unspecified atom stereocenters. The van der Waals surface area contributed by atoms with Crippen LogP contribution in [0.1, 0.15) is 22.3 Å². The fourth-order valence-corrected chi connectivity index (χ4v) is 2.58. The average Bonchev–Trinajstić information content (AvgIpc) is 2.32. The Hall–Kier alpha value is -1.87. The van der Waals surface area contributed by atoms with Crippen LogP contribution in [0.2, 0.25) is 0 Å². The standard InChI is InChI=1S/C16H19NO2/c1-11-9-12(2)15(13(3)10-11)17-7-4-5-14(6-8-18)16(17)19/h4-5,7,9-10,18H,6,8H2,1-3H3. The topological polar surface area (TPSA) is 42.2 Å². The molecule has 0 fully saturated rings. The molecule has 3 heteroatoms. The third-order valence-electron chi connectivity index (χ3n) is 3.28. The van der Waals surface area contributed by atoms with Gasteiger partial charge in [-0.25, -0.2) is 0 Å². The van der Waals surface area contributed by atoms with Crippen molar-refractivity contribution in [2.75, 3.05) is 6.61 Å². The second-order valence-electron chi connectivity index (χ2n) is 4.93. The number of benzene rings is 1. The number of aliphatic hydroxyl groups excluding tert-OH is 1. The number of aliphatic hydroxyl groups is 1. The molecule has 0 radical (unpaired) electrons. The van der Waals surface area contributed by atoms with E-state index in [4.69, 9.17) is 5.11 Å². The molecule has 0 saturated heterocycles. The van der Waals surface area contributed by atoms with Gasteiger partial charge in [-0.2, -0.15) is 0 Å². The summed E-state index contributed by atoms with van der Waals surface area (Å²) < 4.78 is 1.68. The first-order valence-electron chi connectivity index (χ1n) is 6.44. The van der Waals surface area contributed by atoms with Gasteiger partial charge in [-0.1, -0.05) is 23.8 Å². The minimum atomic E-state index is -0.0494. The molecule has 19 heavy (non-hydrogen) atoms. The summed E-state index contributed by atoms with van der Waals surface area (Å²) >= 11 is 0. The number of aryl methyl sites for hydroxylation is 3. The predicted molar refractivity (Wildman–Crippen MR) is 77.0 cm³/mol. The molecule has 0 atom stereocenters. The summed E-state index contributed by atoms with van der Waals surface area (Å²) in [6.07, 6.45) is 2.18. The van der Waals surface area contributed by atoms with E-state index in [0.717, 1.165) is 16.8 Å². The van der Waals surface area contributed by atoms with Gasteiger partial charge in [0.2, 0.25) is 0 Å². The highest BCUT2D eigenvalue weighted by molar-refractivity contribution is 5.49. The molecule has 0 aliphatic rings. The molecule has 1 heterocycles. The van der Waals surface area contributed by atoms with E-state index in [2.05, 4.69) is 19.1 Å². The molecule has 0 amide bonds. The Balaban J connectivity index is 2.66. The van der Waals surface area contributed by atoms with Crippen LogP contribution in [0.5, 0.6) is 0 Å². The van der Waals surface area contributed by atoms with E-state index in [1.54, 1.807) is 16.8 Å². The average molecular weight is 257 g/mol. The molecule has 1 aromatic carbocycles. The van der Waals surface area contributed by atoms with Gasteiger partial charge in [-0.3, -0.25) is 9.36 Å². The number of nitrogens with zero attached hydrogens (tertiary/aromatic N) is 1. The maximum absolute atomic E-state index is 12.4. The van der Waals surface area contributed by atoms with Gasteiger partial charge in [-0.15, -0.1) is 0 Å². The van der Waals surface area contributed by atoms with Crippen molar-refractivity contribution in [1.82, 2.24) is 4.57 Å². The number of hydrogen-bond acceptors (Lipinski definition) is 2. The lowest BCUT2D eigenvalue weighted by molar-refractivity contribution is 0.299. The van der Waals surface area contributed by atoms with Crippen LogP contribution in [0.4, 0.5) is 0 Å². The summed E-state index contributed by atoms with van der Waals surface area (Å²) in [6, 6.07) is 7.78. The highest BCUT2D eigenvalue weighted by Gasteiger charge is 2.09. The van der Waals surface area contributed by atoms with Crippen molar-refractivity contribution in [2.45, 2.75) is 27.2 Å². The van der Waals surface area contributed by atoms with Crippen LogP contribution in [-0.4, -0.2) is 16.3 Å². The first kappa shape index (κ1) is 13.6. The van der Waals surface area contributed by atoms with E-state index in [-0.39, 0.29) is 12.2 Å². The zero-order valence-corrected chi connectivity index (χ0v) is 11.6. The van der Waals surface area contributed by atoms with E-state index in [9.17, 15) is 4.79 Å². The van der Waals surface area contributed by atoms with Crippen LogP contribution in [0, 0.1) is 20.8 Å². The van der Waals surface area contributed by atoms with Crippen LogP contribution in [0.3, 0.4) is 0 Å². The summed E-state index contributed by atoms with van der Waals surface area (Å²) in [5, 5.41) is 9.00. The van der Waals surface area contributed by atoms with Gasteiger partial charge in [0.05, 0.1) is 5.69 Å². The van der Waals surface area contributed by atoms with Crippen molar-refractivity contribution in [1.29, 1.82) is 0 Å². The lowest BCUT2D eigenvalue weighted by Gasteiger charge is -2.14. The van der Waals surface area contributed by atoms with Crippen molar-refractivity contribution in [2.24, 2.45) is 0 Å². The molecule has 1 aromatic heterocycles. The molecule has 0 aliphatic carbocycles. The molecule has 2 aromatic rings. The van der Waals surface area contributed by atoms with E-state index in [0.29, 0.717) is 12.0 Å². The van der Waals surface area contributed by atoms with Gasteiger partial charge >= 0.3 is 0 Å². The third-order valence-corrected chi connectivity index (χ3v) is 3.28. The molecule has 0 aliphatic heterocycles. The lowest BCUT2D eigenvalue weighted by atomic mass is 10.0. The van der Waals surface area contributed by atoms with Gasteiger partial charge in [-0.05, 0) is 38.0 Å². The van der Waals surface area contributed by atoms with Crippen LogP contribution in [0.25, 0.3) is 5.69 Å². The summed E-state index contributed by atoms with van der Waals surface area (Å²) in [6.45, 7) is 6.07. The van der Waals surface area contributed by atoms with Gasteiger partial charge in [0.25, 0.3) is 5.56 Å². The quantitative estimate of drug-likeness (QED) is 0.916. The zero-order chi connectivity index (χ0) is 14.0. The number of rotatable bonds is 3. The minimum absolute atomic E-state index is 0.00881. The fourth-order valence-electron chi connectivity index (χ4n) is 2.58. The minimum Gasteiger partial charge on any atom is -0.396 e. The Kier molecular flexibility index (Phi) is 3.86. The maximum atomic E-state index is 12.4. The van der Waals surface area contributed by atoms with Gasteiger partial charge < -0.3 is 5.11 Å². The van der Waals surface area contributed by atoms with Gasteiger partial charge in [0.15, 0.2) is 0 Å². The first-order valence-corrected chi connectivity index (χ1v) is 6.44. The molecule has 2 rings (SSSR count). The Labute approximate surface area is 113 Å². The van der Waals surface area contributed by atoms with E-state index in [1.807, 2.05) is 19.9 Å². The van der Waals surface area contributed by atoms with Crippen LogP contribution in [0.15, 0.2) is 35.3 Å². The van der Waals surface area contributed by atoms with Crippen LogP contribution >= 0.6 is 0 Å². The molecule has 0 spiro atoms. The predicted octanol–water partition coefficient (Wildman–Crippen LogP) is 2.30. The van der Waals surface area contributed by atoms with E-state index in [1.165, 1.54) is 5.56 Å². The van der Waals surface area contributed by atoms with Crippen molar-refractivity contribution in [3.63, 3.8) is 0 Å². The van der Waals surface area contributed by atoms with Crippen molar-refractivity contribution in [3.05, 3.63) is 63.1 Å². The summed E-state index contributed by atoms with van der Waals surface area (Å²) in [7, 11) is 0. The SMILES string of the molecule is Cc1cc(C)c(-n2cccc(CCO)c2=O)c(C)c1. The number of pyridine rings is 1. The first-order chi connectivity index (χ1) is 9.04. The molecule has 3 nitrogen and oxygen atoms in total. The molecule has 0 saturated carbocycles. The van der Waals surface area contributed by atoms with Crippen LogP contribution < -0.4 is 5.56 Å². The largest absolute Gasteiger partial charge is 0.396 e. The van der Waals surface area contributed by atoms with E-state index < -0.39 is 0 Å². The second-order valence-corrected chi connectivity index (χ2v) is 4.93. The number of hydrogen-bond donors (Lipinski definition) is 1. The highest BCUT2D eigenvalue weighted by atomic mass is 16.3. The van der Waals surface area contributed by atoms with E-state index >= 15 is 0 Å². The Bertz CT molecular complexity index is 633. The number of aromatic nitrogens is 1. The Morgan fingerprint density at radius 2 is 1.79 bits per heavy atom. The van der Waals surface area contributed by atoms with Gasteiger partial charge in [0.1, 0.15) is 0 Å². The zero-order valence-electron chi connectivity index (χ0n) is 11.6. The summed E-state index contributed by atoms with van der Waals surface area (Å²) in [4.78, 5) is 12.4. The van der Waals surface area contributed by atoms with Crippen molar-refractivity contribution < 1.29 is 5.11 Å². The Morgan fingerprint density at radius 1 is 1.16 bits per heavy atom. The van der Waals surface area contributed by atoms with Crippen molar-refractivity contribution in [3.8, 4) is 5.69 Å². The van der Waals surface area contributed by atoms with Crippen molar-refractivity contribution >= 4 is 0 Å². The smallest absolute Gasteiger partial charge is 0.258 e.